The van der Waals surface area contributed by atoms with Gasteiger partial charge >= 0.3 is 59.5 Å². The van der Waals surface area contributed by atoms with Crippen LogP contribution in [0.4, 0.5) is 0 Å². The van der Waals surface area contributed by atoms with Gasteiger partial charge in [-0.05, 0) is 96.3 Å². The van der Waals surface area contributed by atoms with E-state index in [2.05, 4.69) is 124 Å². The summed E-state index contributed by atoms with van der Waals surface area (Å²) < 4.78 is 1.80. The van der Waals surface area contributed by atoms with Gasteiger partial charge in [-0.15, -0.1) is 6.92 Å². The quantitative estimate of drug-likeness (QED) is 0.253. The van der Waals surface area contributed by atoms with Crippen molar-refractivity contribution in [3.05, 3.63) is 94.0 Å². The van der Waals surface area contributed by atoms with Crippen LogP contribution in [-0.2, 0) is 30.7 Å². The summed E-state index contributed by atoms with van der Waals surface area (Å²) in [7, 11) is 0. The minimum absolute atomic E-state index is 0. The van der Waals surface area contributed by atoms with Crippen LogP contribution in [0.2, 0.25) is 0 Å². The van der Waals surface area contributed by atoms with Crippen LogP contribution in [0.15, 0.2) is 70.9 Å². The molecule has 0 aliphatic heterocycles. The van der Waals surface area contributed by atoms with Crippen molar-refractivity contribution in [3.63, 3.8) is 0 Å². The Morgan fingerprint density at radius 2 is 1.40 bits per heavy atom. The number of allylic oxidation sites excluding steroid dienone is 10. The maximum absolute atomic E-state index is 3.47. The van der Waals surface area contributed by atoms with Crippen molar-refractivity contribution in [2.45, 2.75) is 146 Å². The number of rotatable bonds is 1. The third kappa shape index (κ3) is 6.78. The predicted molar refractivity (Wildman–Crippen MR) is 223 cm³/mol. The van der Waals surface area contributed by atoms with Crippen LogP contribution >= 0.6 is 0 Å². The fraction of sp³-hybridized carbons (Fsp3) is 0.654. The zero-order valence-electron chi connectivity index (χ0n) is 36.0. The van der Waals surface area contributed by atoms with Crippen LogP contribution < -0.4 is 24.8 Å². The first-order chi connectivity index (χ1) is 25.1. The molecule has 1 aromatic carbocycles. The molecule has 0 nitrogen and oxygen atoms in total. The van der Waals surface area contributed by atoms with Crippen LogP contribution in [0.5, 0.6) is 0 Å². The zero-order chi connectivity index (χ0) is 37.7. The van der Waals surface area contributed by atoms with Crippen molar-refractivity contribution < 1.29 is 49.0 Å². The van der Waals surface area contributed by atoms with Gasteiger partial charge < -0.3 is 24.8 Å². The van der Waals surface area contributed by atoms with E-state index < -0.39 is 0 Å². The predicted octanol–water partition coefficient (Wildman–Crippen LogP) is 7.88. The average Bonchev–Trinajstić information content (AvgIpc) is 3.69. The summed E-state index contributed by atoms with van der Waals surface area (Å²) in [5, 5.41) is 0. The van der Waals surface area contributed by atoms with E-state index in [0.29, 0.717) is 40.4 Å². The van der Waals surface area contributed by atoms with Gasteiger partial charge in [0.05, 0.1) is 0 Å². The van der Waals surface area contributed by atoms with Crippen molar-refractivity contribution in [2.75, 3.05) is 0 Å². The first-order valence-electron chi connectivity index (χ1n) is 22.1. The third-order valence-corrected chi connectivity index (χ3v) is 19.5. The normalized spacial score (nSPS) is 42.8. The van der Waals surface area contributed by atoms with Crippen LogP contribution in [0.1, 0.15) is 151 Å². The van der Waals surface area contributed by atoms with Crippen molar-refractivity contribution in [3.8, 4) is 0 Å². The molecule has 0 amide bonds. The van der Waals surface area contributed by atoms with E-state index in [0.717, 1.165) is 24.2 Å². The van der Waals surface area contributed by atoms with Crippen molar-refractivity contribution in [1.82, 2.24) is 0 Å². The second kappa shape index (κ2) is 16.0. The molecule has 3 heteroatoms. The van der Waals surface area contributed by atoms with Crippen molar-refractivity contribution in [1.29, 1.82) is 0 Å². The summed E-state index contributed by atoms with van der Waals surface area (Å²) >= 11 is 1.69. The molecule has 0 spiro atoms. The third-order valence-electron chi connectivity index (χ3n) is 18.3. The molecule has 11 rings (SSSR count). The average molecular weight is 857 g/mol. The SMILES string of the molecule is CC1=CC(C)(C23CC4CC(CC(C4)C2)C3)C=[C-]1.C[C-]1C2=C3Cc4ccccc4C3=C3C=CC(C)C(C)C3(C)C2(C)C(C)C(C)C1C.[Cl-].[Cl-].[Zr+2]=[C]1CCCCC1. The van der Waals surface area contributed by atoms with E-state index in [9.17, 15) is 0 Å². The molecule has 4 bridgehead atoms. The van der Waals surface area contributed by atoms with Crippen LogP contribution in [0.3, 0.4) is 0 Å². The van der Waals surface area contributed by atoms with E-state index >= 15 is 0 Å². The number of fused-ring (bicyclic) bond motifs is 6. The van der Waals surface area contributed by atoms with E-state index in [1.54, 1.807) is 74.9 Å². The molecule has 6 saturated carbocycles. The molecule has 0 heterocycles. The molecule has 8 unspecified atom stereocenters. The standard InChI is InChI=1S/C29H37.C17H23.C6H10.2ClH.Zr/c1-16-13-14-25-26-23-12-10-9-11-22(23)15-24(26)27-19(4)17(2)18(3)21(6)29(27,8)28(25,7)20(16)5;1-12-3-4-16(2,8-12)17-9-13-5-14(10-17)7-15(6-13)11-17;1-2-4-6-5-3-1;;;/h9-14,16-18,20-21H,15H2,1-8H3;4,8,13-15H,5-7,9-11H2,1-2H3;1-5H2;2*1H;/q2*-1;;;;+2/p-2. The van der Waals surface area contributed by atoms with Crippen LogP contribution in [0.25, 0.3) is 5.57 Å². The molecule has 298 valence electrons. The maximum atomic E-state index is 3.47. The Labute approximate surface area is 364 Å². The van der Waals surface area contributed by atoms with Crippen LogP contribution in [-0.4, -0.2) is 3.21 Å². The van der Waals surface area contributed by atoms with Gasteiger partial charge in [0.2, 0.25) is 0 Å². The van der Waals surface area contributed by atoms with Crippen LogP contribution in [0, 0.1) is 81.0 Å². The molecule has 55 heavy (non-hydrogen) atoms. The molecule has 1 aromatic rings. The molecule has 8 atom stereocenters. The molecule has 0 N–H and O–H groups in total. The van der Waals surface area contributed by atoms with Gasteiger partial charge in [-0.3, -0.25) is 6.08 Å². The second-order valence-corrected chi connectivity index (χ2v) is 22.5. The first kappa shape index (κ1) is 43.7. The Bertz CT molecular complexity index is 1760. The molecule has 0 aromatic heterocycles. The van der Waals surface area contributed by atoms with Gasteiger partial charge in [0, 0.05) is 5.41 Å². The van der Waals surface area contributed by atoms with Gasteiger partial charge in [-0.1, -0.05) is 133 Å². The number of halogens is 2. The molecule has 0 saturated heterocycles. The summed E-state index contributed by atoms with van der Waals surface area (Å²) in [5.74, 6) is 8.09. The second-order valence-electron chi connectivity index (χ2n) is 20.8. The van der Waals surface area contributed by atoms with Gasteiger partial charge in [0.15, 0.2) is 0 Å². The Kier molecular flexibility index (Phi) is 12.7. The van der Waals surface area contributed by atoms with Gasteiger partial charge in [0.1, 0.15) is 0 Å². The Hall–Kier alpha value is -0.877. The molecular formula is C52H70Cl2Zr-2. The summed E-state index contributed by atoms with van der Waals surface area (Å²) in [6.07, 6.45) is 30.9. The van der Waals surface area contributed by atoms with Gasteiger partial charge in [-0.2, -0.15) is 17.2 Å². The van der Waals surface area contributed by atoms with Crippen molar-refractivity contribution in [2.24, 2.45) is 69.0 Å². The topological polar surface area (TPSA) is 0 Å². The molecule has 10 aliphatic rings. The summed E-state index contributed by atoms with van der Waals surface area (Å²) in [4.78, 5) is 0. The van der Waals surface area contributed by atoms with Gasteiger partial charge in [-0.25, -0.2) is 17.6 Å². The van der Waals surface area contributed by atoms with E-state index in [1.807, 2.05) is 0 Å². The minimum atomic E-state index is 0. The summed E-state index contributed by atoms with van der Waals surface area (Å²) in [5.41, 5.74) is 12.2. The monoisotopic (exact) mass is 854 g/mol. The number of benzene rings is 1. The number of hydrogen-bond donors (Lipinski definition) is 0. The van der Waals surface area contributed by atoms with E-state index in [4.69, 9.17) is 0 Å². The fourth-order valence-corrected chi connectivity index (χ4v) is 15.6. The Morgan fingerprint density at radius 3 is 1.95 bits per heavy atom. The number of hydrogen-bond acceptors (Lipinski definition) is 0. The molecule has 10 aliphatic carbocycles. The first-order valence-corrected chi connectivity index (χ1v) is 23.3. The Balaban J connectivity index is 0.000000166. The molecular weight excluding hydrogens is 787 g/mol. The zero-order valence-corrected chi connectivity index (χ0v) is 39.9. The summed E-state index contributed by atoms with van der Waals surface area (Å²) in [6.45, 7) is 24.9. The van der Waals surface area contributed by atoms with E-state index in [-0.39, 0.29) is 35.6 Å². The fourth-order valence-electron chi connectivity index (χ4n) is 14.7. The van der Waals surface area contributed by atoms with E-state index in [1.165, 1.54) is 68.1 Å². The van der Waals surface area contributed by atoms with Gasteiger partial charge in [0.25, 0.3) is 0 Å². The Morgan fingerprint density at radius 1 is 0.800 bits per heavy atom. The molecule has 6 fully saturated rings. The molecule has 0 radical (unpaired) electrons. The summed E-state index contributed by atoms with van der Waals surface area (Å²) in [6, 6.07) is 9.18. The van der Waals surface area contributed by atoms with Crippen molar-refractivity contribution >= 4 is 8.78 Å².